The van der Waals surface area contributed by atoms with Gasteiger partial charge >= 0.3 is 0 Å². The van der Waals surface area contributed by atoms with Crippen molar-refractivity contribution in [3.63, 3.8) is 0 Å². The van der Waals surface area contributed by atoms with Gasteiger partial charge in [0.05, 0.1) is 24.8 Å². The Bertz CT molecular complexity index is 987. The Labute approximate surface area is 190 Å². The zero-order valence-electron chi connectivity index (χ0n) is 17.6. The molecule has 1 atom stereocenters. The summed E-state index contributed by atoms with van der Waals surface area (Å²) in [7, 11) is 1.54. The van der Waals surface area contributed by atoms with E-state index in [0.29, 0.717) is 17.9 Å². The number of ether oxygens (including phenoxy) is 2. The Hall–Kier alpha value is -2.64. The van der Waals surface area contributed by atoms with Crippen LogP contribution in [0.25, 0.3) is 5.76 Å². The molecule has 0 spiro atoms. The Morgan fingerprint density at radius 2 is 1.90 bits per heavy atom. The number of likely N-dealkylation sites (tertiary alicyclic amines) is 1. The van der Waals surface area contributed by atoms with E-state index in [9.17, 15) is 14.7 Å². The van der Waals surface area contributed by atoms with Gasteiger partial charge in [0.15, 0.2) is 0 Å². The maximum Gasteiger partial charge on any atom is 0.295 e. The van der Waals surface area contributed by atoms with Crippen molar-refractivity contribution in [2.24, 2.45) is 0 Å². The monoisotopic (exact) mass is 487 g/mol. The van der Waals surface area contributed by atoms with Crippen molar-refractivity contribution in [1.82, 2.24) is 4.90 Å². The van der Waals surface area contributed by atoms with E-state index < -0.39 is 17.7 Å². The van der Waals surface area contributed by atoms with Crippen LogP contribution in [0.3, 0.4) is 0 Å². The standard InChI is InChI=1S/C24H26BrNO5/c1-3-4-12-31-19-10-6-8-17(15-19)22(27)20-21(16-7-5-9-18(25)14-16)26(11-13-30-2)24(29)23(20)28/h5-10,14-15,21,27H,3-4,11-13H2,1-2H3/b22-20+. The highest BCUT2D eigenvalue weighted by molar-refractivity contribution is 9.10. The lowest BCUT2D eigenvalue weighted by molar-refractivity contribution is -0.140. The normalized spacial score (nSPS) is 17.9. The van der Waals surface area contributed by atoms with Crippen LogP contribution >= 0.6 is 15.9 Å². The van der Waals surface area contributed by atoms with E-state index in [0.717, 1.165) is 22.9 Å². The van der Waals surface area contributed by atoms with E-state index in [1.165, 1.54) is 12.0 Å². The number of Topliss-reactive ketones (excluding diaryl/α,β-unsaturated/α-hetero) is 1. The molecule has 0 aromatic heterocycles. The fourth-order valence-electron chi connectivity index (χ4n) is 3.55. The molecule has 3 rings (SSSR count). The number of methoxy groups -OCH3 is 1. The zero-order chi connectivity index (χ0) is 22.4. The number of carbonyl (C=O) groups is 2. The average molecular weight is 488 g/mol. The number of benzene rings is 2. The first-order valence-electron chi connectivity index (χ1n) is 10.2. The number of rotatable bonds is 9. The van der Waals surface area contributed by atoms with Gasteiger partial charge < -0.3 is 19.5 Å². The van der Waals surface area contributed by atoms with Crippen LogP contribution in [0.2, 0.25) is 0 Å². The number of hydrogen-bond donors (Lipinski definition) is 1. The van der Waals surface area contributed by atoms with Crippen molar-refractivity contribution in [3.8, 4) is 5.75 Å². The Morgan fingerprint density at radius 1 is 1.13 bits per heavy atom. The summed E-state index contributed by atoms with van der Waals surface area (Å²) in [4.78, 5) is 27.2. The molecule has 1 unspecified atom stereocenters. The molecule has 2 aromatic carbocycles. The molecule has 7 heteroatoms. The molecule has 164 valence electrons. The second-order valence-electron chi connectivity index (χ2n) is 7.27. The highest BCUT2D eigenvalue weighted by atomic mass is 79.9. The Balaban J connectivity index is 2.07. The summed E-state index contributed by atoms with van der Waals surface area (Å²) in [6.07, 6.45) is 1.93. The molecule has 1 heterocycles. The molecule has 0 radical (unpaired) electrons. The van der Waals surface area contributed by atoms with Gasteiger partial charge in [-0.2, -0.15) is 0 Å². The molecular weight excluding hydrogens is 462 g/mol. The Kier molecular flexibility index (Phi) is 7.87. The average Bonchev–Trinajstić information content (AvgIpc) is 3.02. The van der Waals surface area contributed by atoms with Crippen molar-refractivity contribution in [3.05, 3.63) is 69.7 Å². The van der Waals surface area contributed by atoms with Gasteiger partial charge in [0.2, 0.25) is 0 Å². The third-order valence-electron chi connectivity index (χ3n) is 5.11. The number of hydrogen-bond acceptors (Lipinski definition) is 5. The molecule has 1 aliphatic heterocycles. The van der Waals surface area contributed by atoms with Crippen molar-refractivity contribution in [1.29, 1.82) is 0 Å². The molecule has 1 aliphatic rings. The second-order valence-corrected chi connectivity index (χ2v) is 8.19. The van der Waals surface area contributed by atoms with Crippen LogP contribution in [0.1, 0.15) is 36.9 Å². The maximum atomic E-state index is 13.0. The maximum absolute atomic E-state index is 13.0. The number of carbonyl (C=O) groups excluding carboxylic acids is 2. The summed E-state index contributed by atoms with van der Waals surface area (Å²) in [6, 6.07) is 13.6. The molecule has 31 heavy (non-hydrogen) atoms. The SMILES string of the molecule is CCCCOc1cccc(/C(O)=C2\C(=O)C(=O)N(CCOC)C2c2cccc(Br)c2)c1. The van der Waals surface area contributed by atoms with E-state index in [1.54, 1.807) is 24.3 Å². The third-order valence-corrected chi connectivity index (χ3v) is 5.61. The van der Waals surface area contributed by atoms with Gasteiger partial charge in [-0.25, -0.2) is 0 Å². The number of aliphatic hydroxyl groups is 1. The second kappa shape index (κ2) is 10.6. The lowest BCUT2D eigenvalue weighted by atomic mass is 9.95. The molecule has 2 aromatic rings. The van der Waals surface area contributed by atoms with Gasteiger partial charge in [-0.1, -0.05) is 53.5 Å². The first-order valence-corrected chi connectivity index (χ1v) is 11.0. The summed E-state index contributed by atoms with van der Waals surface area (Å²) >= 11 is 3.45. The number of halogens is 1. The van der Waals surface area contributed by atoms with E-state index >= 15 is 0 Å². The predicted octanol–water partition coefficient (Wildman–Crippen LogP) is 4.70. The van der Waals surface area contributed by atoms with Gasteiger partial charge in [0.1, 0.15) is 11.5 Å². The molecule has 1 amide bonds. The highest BCUT2D eigenvalue weighted by Crippen LogP contribution is 2.40. The number of nitrogens with zero attached hydrogens (tertiary/aromatic N) is 1. The molecule has 6 nitrogen and oxygen atoms in total. The quantitative estimate of drug-likeness (QED) is 0.240. The van der Waals surface area contributed by atoms with Crippen LogP contribution in [0.4, 0.5) is 0 Å². The minimum atomic E-state index is -0.712. The summed E-state index contributed by atoms with van der Waals surface area (Å²) < 4.78 is 11.7. The molecule has 0 aliphatic carbocycles. The zero-order valence-corrected chi connectivity index (χ0v) is 19.2. The van der Waals surface area contributed by atoms with E-state index in [1.807, 2.05) is 24.3 Å². The highest BCUT2D eigenvalue weighted by Gasteiger charge is 2.45. The summed E-state index contributed by atoms with van der Waals surface area (Å²) in [5, 5.41) is 11.1. The first kappa shape index (κ1) is 23.0. The van der Waals surface area contributed by atoms with Crippen molar-refractivity contribution < 1.29 is 24.2 Å². The van der Waals surface area contributed by atoms with Crippen LogP contribution in [0, 0.1) is 0 Å². The summed E-state index contributed by atoms with van der Waals surface area (Å²) in [5.41, 5.74) is 1.21. The topological polar surface area (TPSA) is 76.1 Å². The van der Waals surface area contributed by atoms with Gasteiger partial charge in [-0.15, -0.1) is 0 Å². The molecule has 1 fully saturated rings. The summed E-state index contributed by atoms with van der Waals surface area (Å²) in [5.74, 6) is -0.982. The smallest absolute Gasteiger partial charge is 0.295 e. The minimum Gasteiger partial charge on any atom is -0.507 e. The molecule has 0 saturated carbocycles. The minimum absolute atomic E-state index is 0.0601. The predicted molar refractivity (Wildman–Crippen MR) is 122 cm³/mol. The molecule has 1 saturated heterocycles. The Morgan fingerprint density at radius 3 is 2.61 bits per heavy atom. The summed E-state index contributed by atoms with van der Waals surface area (Å²) in [6.45, 7) is 3.16. The van der Waals surface area contributed by atoms with E-state index in [2.05, 4.69) is 22.9 Å². The fraction of sp³-hybridized carbons (Fsp3) is 0.333. The lowest BCUT2D eigenvalue weighted by Gasteiger charge is -2.25. The molecule has 0 bridgehead atoms. The third kappa shape index (κ3) is 5.17. The first-order chi connectivity index (χ1) is 15.0. The van der Waals surface area contributed by atoms with Gasteiger partial charge in [-0.3, -0.25) is 9.59 Å². The van der Waals surface area contributed by atoms with Crippen LogP contribution in [-0.4, -0.2) is 48.6 Å². The van der Waals surface area contributed by atoms with E-state index in [4.69, 9.17) is 9.47 Å². The number of unbranched alkanes of at least 4 members (excludes halogenated alkanes) is 1. The molecular formula is C24H26BrNO5. The van der Waals surface area contributed by atoms with Gasteiger partial charge in [0.25, 0.3) is 11.7 Å². The van der Waals surface area contributed by atoms with Gasteiger partial charge in [-0.05, 0) is 36.2 Å². The van der Waals surface area contributed by atoms with E-state index in [-0.39, 0.29) is 24.5 Å². The fourth-order valence-corrected chi connectivity index (χ4v) is 3.96. The number of amides is 1. The van der Waals surface area contributed by atoms with Crippen LogP contribution < -0.4 is 4.74 Å². The van der Waals surface area contributed by atoms with Crippen LogP contribution in [0.5, 0.6) is 5.75 Å². The van der Waals surface area contributed by atoms with Crippen molar-refractivity contribution in [2.75, 3.05) is 26.9 Å². The largest absolute Gasteiger partial charge is 0.507 e. The van der Waals surface area contributed by atoms with Crippen LogP contribution in [-0.2, 0) is 14.3 Å². The molecule has 1 N–H and O–H groups in total. The number of ketones is 1. The van der Waals surface area contributed by atoms with Crippen molar-refractivity contribution in [2.45, 2.75) is 25.8 Å². The van der Waals surface area contributed by atoms with Gasteiger partial charge in [0, 0.05) is 23.7 Å². The van der Waals surface area contributed by atoms with Crippen LogP contribution in [0.15, 0.2) is 58.6 Å². The lowest BCUT2D eigenvalue weighted by Crippen LogP contribution is -2.32. The number of aliphatic hydroxyl groups excluding tert-OH is 1. The van der Waals surface area contributed by atoms with Crippen molar-refractivity contribution >= 4 is 33.4 Å².